The number of amidine groups is 1. The summed E-state index contributed by atoms with van der Waals surface area (Å²) in [5.41, 5.74) is 1.38. The zero-order chi connectivity index (χ0) is 18.0. The molecule has 0 unspecified atom stereocenters. The van der Waals surface area contributed by atoms with Crippen LogP contribution in [-0.4, -0.2) is 19.5 Å². The van der Waals surface area contributed by atoms with Crippen LogP contribution in [0.25, 0.3) is 6.08 Å². The Morgan fingerprint density at radius 3 is 2.44 bits per heavy atom. The standard InChI is InChI=1S/C17H14N2O4S2/c1-11-6-8-13(9-7-11)25(21,22)23-14-5-3-2-4-12(14)10-15-16(20)19-17(18)24-15/h2-10H,1H3,(H2,18,19,20). The van der Waals surface area contributed by atoms with E-state index in [9.17, 15) is 13.2 Å². The van der Waals surface area contributed by atoms with Gasteiger partial charge in [-0.05, 0) is 43.0 Å². The minimum absolute atomic E-state index is 0.0296. The molecule has 128 valence electrons. The molecule has 2 aromatic carbocycles. The summed E-state index contributed by atoms with van der Waals surface area (Å²) in [5, 5.41) is 9.86. The average molecular weight is 374 g/mol. The number of carbonyl (C=O) groups is 1. The number of thioether (sulfide) groups is 1. The van der Waals surface area contributed by atoms with Crippen LogP contribution < -0.4 is 9.50 Å². The molecule has 1 aliphatic rings. The van der Waals surface area contributed by atoms with Crippen molar-refractivity contribution in [3.8, 4) is 5.75 Å². The fourth-order valence-electron chi connectivity index (χ4n) is 2.13. The molecule has 0 radical (unpaired) electrons. The first kappa shape index (κ1) is 17.2. The van der Waals surface area contributed by atoms with E-state index in [2.05, 4.69) is 5.32 Å². The van der Waals surface area contributed by atoms with Crippen LogP contribution in [0.3, 0.4) is 0 Å². The molecule has 0 saturated carbocycles. The Labute approximate surface area is 149 Å². The topological polar surface area (TPSA) is 96.3 Å². The Morgan fingerprint density at radius 2 is 1.80 bits per heavy atom. The first-order chi connectivity index (χ1) is 11.8. The predicted octanol–water partition coefficient (Wildman–Crippen LogP) is 2.90. The van der Waals surface area contributed by atoms with Crippen LogP contribution in [0.5, 0.6) is 5.75 Å². The molecule has 1 heterocycles. The summed E-state index contributed by atoms with van der Waals surface area (Å²) in [6, 6.07) is 12.8. The third kappa shape index (κ3) is 3.92. The van der Waals surface area contributed by atoms with Crippen LogP contribution in [0.1, 0.15) is 11.1 Å². The third-order valence-corrected chi connectivity index (χ3v) is 5.46. The van der Waals surface area contributed by atoms with Crippen LogP contribution in [0, 0.1) is 12.3 Å². The average Bonchev–Trinajstić information content (AvgIpc) is 2.87. The molecular formula is C17H14N2O4S2. The summed E-state index contributed by atoms with van der Waals surface area (Å²) in [6.07, 6.45) is 1.50. The molecule has 0 atom stereocenters. The maximum absolute atomic E-state index is 12.5. The van der Waals surface area contributed by atoms with Gasteiger partial charge in [-0.2, -0.15) is 8.42 Å². The van der Waals surface area contributed by atoms with Crippen molar-refractivity contribution in [2.45, 2.75) is 11.8 Å². The van der Waals surface area contributed by atoms with Crippen molar-refractivity contribution < 1.29 is 17.4 Å². The highest BCUT2D eigenvalue weighted by Crippen LogP contribution is 2.30. The van der Waals surface area contributed by atoms with E-state index in [4.69, 9.17) is 9.59 Å². The van der Waals surface area contributed by atoms with Crippen LogP contribution in [0.2, 0.25) is 0 Å². The van der Waals surface area contributed by atoms with Crippen LogP contribution >= 0.6 is 11.8 Å². The fraction of sp³-hybridized carbons (Fsp3) is 0.0588. The minimum atomic E-state index is -3.99. The van der Waals surface area contributed by atoms with Gasteiger partial charge in [-0.15, -0.1) is 0 Å². The van der Waals surface area contributed by atoms with Crippen LogP contribution in [0.15, 0.2) is 58.3 Å². The number of carbonyl (C=O) groups excluding carboxylic acids is 1. The van der Waals surface area contributed by atoms with Gasteiger partial charge in [-0.25, -0.2) is 0 Å². The summed E-state index contributed by atoms with van der Waals surface area (Å²) >= 11 is 0.972. The van der Waals surface area contributed by atoms with E-state index in [0.717, 1.165) is 17.3 Å². The Hall–Kier alpha value is -2.58. The number of aryl methyl sites for hydroxylation is 1. The highest BCUT2D eigenvalue weighted by Gasteiger charge is 2.23. The molecule has 6 nitrogen and oxygen atoms in total. The van der Waals surface area contributed by atoms with Gasteiger partial charge in [0.2, 0.25) is 0 Å². The molecule has 0 aliphatic carbocycles. The Bertz CT molecular complexity index is 980. The van der Waals surface area contributed by atoms with Gasteiger partial charge >= 0.3 is 10.1 Å². The van der Waals surface area contributed by atoms with Gasteiger partial charge in [0.05, 0.1) is 4.91 Å². The van der Waals surface area contributed by atoms with Gasteiger partial charge in [0.25, 0.3) is 5.91 Å². The predicted molar refractivity (Wildman–Crippen MR) is 96.9 cm³/mol. The van der Waals surface area contributed by atoms with Crippen molar-refractivity contribution in [1.82, 2.24) is 5.32 Å². The lowest BCUT2D eigenvalue weighted by Crippen LogP contribution is -2.18. The molecule has 8 heteroatoms. The minimum Gasteiger partial charge on any atom is -0.378 e. The van der Waals surface area contributed by atoms with Crippen LogP contribution in [0.4, 0.5) is 0 Å². The number of amides is 1. The molecule has 1 amide bonds. The maximum Gasteiger partial charge on any atom is 0.339 e. The van der Waals surface area contributed by atoms with E-state index < -0.39 is 16.0 Å². The lowest BCUT2D eigenvalue weighted by Gasteiger charge is -2.10. The first-order valence-electron chi connectivity index (χ1n) is 7.25. The van der Waals surface area contributed by atoms with Crippen molar-refractivity contribution >= 4 is 39.0 Å². The van der Waals surface area contributed by atoms with Crippen molar-refractivity contribution in [2.75, 3.05) is 0 Å². The van der Waals surface area contributed by atoms with Crippen molar-refractivity contribution in [3.05, 3.63) is 64.6 Å². The number of para-hydroxylation sites is 1. The SMILES string of the molecule is Cc1ccc(S(=O)(=O)Oc2ccccc2C=C2SC(=N)NC2=O)cc1. The molecule has 1 aliphatic heterocycles. The number of benzene rings is 2. The van der Waals surface area contributed by atoms with Crippen LogP contribution in [-0.2, 0) is 14.9 Å². The molecular weight excluding hydrogens is 360 g/mol. The zero-order valence-corrected chi connectivity index (χ0v) is 14.8. The third-order valence-electron chi connectivity index (χ3n) is 3.38. The van der Waals surface area contributed by atoms with E-state index in [1.807, 2.05) is 6.92 Å². The summed E-state index contributed by atoms with van der Waals surface area (Å²) in [6.45, 7) is 1.86. The molecule has 25 heavy (non-hydrogen) atoms. The second-order valence-electron chi connectivity index (χ2n) is 5.28. The van der Waals surface area contributed by atoms with Gasteiger partial charge < -0.3 is 9.50 Å². The maximum atomic E-state index is 12.5. The smallest absolute Gasteiger partial charge is 0.339 e. The molecule has 3 rings (SSSR count). The van der Waals surface area contributed by atoms with Gasteiger partial charge in [-0.3, -0.25) is 10.2 Å². The van der Waals surface area contributed by atoms with Crippen molar-refractivity contribution in [1.29, 1.82) is 5.41 Å². The Kier molecular flexibility index (Phi) is 4.65. The number of hydrogen-bond acceptors (Lipinski definition) is 6. The van der Waals surface area contributed by atoms with E-state index in [1.165, 1.54) is 24.3 Å². The zero-order valence-electron chi connectivity index (χ0n) is 13.1. The Morgan fingerprint density at radius 1 is 1.12 bits per heavy atom. The van der Waals surface area contributed by atoms with E-state index in [0.29, 0.717) is 10.5 Å². The summed E-state index contributed by atoms with van der Waals surface area (Å²) in [7, 11) is -3.99. The van der Waals surface area contributed by atoms with Gasteiger partial charge in [-0.1, -0.05) is 35.9 Å². The molecule has 0 bridgehead atoms. The van der Waals surface area contributed by atoms with Crippen molar-refractivity contribution in [2.24, 2.45) is 0 Å². The second-order valence-corrected chi connectivity index (χ2v) is 7.88. The quantitative estimate of drug-likeness (QED) is 0.634. The van der Waals surface area contributed by atoms with Gasteiger partial charge in [0.15, 0.2) is 5.17 Å². The van der Waals surface area contributed by atoms with E-state index >= 15 is 0 Å². The van der Waals surface area contributed by atoms with Gasteiger partial charge in [0, 0.05) is 5.56 Å². The highest BCUT2D eigenvalue weighted by molar-refractivity contribution is 8.18. The lowest BCUT2D eigenvalue weighted by atomic mass is 10.2. The molecule has 0 spiro atoms. The largest absolute Gasteiger partial charge is 0.378 e. The monoisotopic (exact) mass is 374 g/mol. The normalized spacial score (nSPS) is 16.1. The summed E-state index contributed by atoms with van der Waals surface area (Å²) in [4.78, 5) is 12.1. The fourth-order valence-corrected chi connectivity index (χ4v) is 3.78. The Balaban J connectivity index is 1.94. The van der Waals surface area contributed by atoms with Crippen molar-refractivity contribution in [3.63, 3.8) is 0 Å². The molecule has 1 fully saturated rings. The lowest BCUT2D eigenvalue weighted by molar-refractivity contribution is -0.115. The highest BCUT2D eigenvalue weighted by atomic mass is 32.2. The first-order valence-corrected chi connectivity index (χ1v) is 9.47. The molecule has 2 aromatic rings. The number of hydrogen-bond donors (Lipinski definition) is 2. The number of rotatable bonds is 4. The second kappa shape index (κ2) is 6.73. The molecule has 1 saturated heterocycles. The summed E-state index contributed by atoms with van der Waals surface area (Å²) in [5.74, 6) is -0.284. The molecule has 0 aromatic heterocycles. The van der Waals surface area contributed by atoms with E-state index in [-0.39, 0.29) is 15.8 Å². The van der Waals surface area contributed by atoms with Gasteiger partial charge in [0.1, 0.15) is 10.6 Å². The van der Waals surface area contributed by atoms with E-state index in [1.54, 1.807) is 30.3 Å². The number of nitrogens with one attached hydrogen (secondary N) is 2. The molecule has 2 N–H and O–H groups in total. The summed E-state index contributed by atoms with van der Waals surface area (Å²) < 4.78 is 30.2.